The number of hydrogen-bond acceptors (Lipinski definition) is 3. The summed E-state index contributed by atoms with van der Waals surface area (Å²) in [5.74, 6) is -0.194. The van der Waals surface area contributed by atoms with Gasteiger partial charge in [-0.1, -0.05) is 6.92 Å². The van der Waals surface area contributed by atoms with Crippen LogP contribution in [0.5, 0.6) is 0 Å². The Labute approximate surface area is 125 Å². The Hall–Kier alpha value is -2.35. The first-order valence-electron chi connectivity index (χ1n) is 7.05. The van der Waals surface area contributed by atoms with E-state index < -0.39 is 0 Å². The summed E-state index contributed by atoms with van der Waals surface area (Å²) in [6, 6.07) is 8.91. The summed E-state index contributed by atoms with van der Waals surface area (Å²) in [5, 5.41) is 11.6. The van der Waals surface area contributed by atoms with E-state index in [1.54, 1.807) is 24.3 Å². The number of anilines is 1. The molecular formula is C16H21N3O2. The van der Waals surface area contributed by atoms with Crippen LogP contribution < -0.4 is 10.2 Å². The van der Waals surface area contributed by atoms with E-state index in [4.69, 9.17) is 5.26 Å². The quantitative estimate of drug-likeness (QED) is 0.871. The first-order valence-corrected chi connectivity index (χ1v) is 7.05. The van der Waals surface area contributed by atoms with Crippen molar-refractivity contribution in [2.24, 2.45) is 0 Å². The summed E-state index contributed by atoms with van der Waals surface area (Å²) < 4.78 is 0. The Morgan fingerprint density at radius 1 is 1.33 bits per heavy atom. The lowest BCUT2D eigenvalue weighted by Crippen LogP contribution is -2.36. The Balaban J connectivity index is 2.68. The Bertz CT molecular complexity index is 531. The predicted molar refractivity (Wildman–Crippen MR) is 81.7 cm³/mol. The fraction of sp³-hybridized carbons (Fsp3) is 0.438. The van der Waals surface area contributed by atoms with Gasteiger partial charge in [0, 0.05) is 31.6 Å². The van der Waals surface area contributed by atoms with Gasteiger partial charge < -0.3 is 10.2 Å². The van der Waals surface area contributed by atoms with Crippen molar-refractivity contribution in [3.05, 3.63) is 29.8 Å². The molecule has 0 aliphatic carbocycles. The molecule has 1 aromatic carbocycles. The van der Waals surface area contributed by atoms with Crippen LogP contribution in [0.3, 0.4) is 0 Å². The summed E-state index contributed by atoms with van der Waals surface area (Å²) in [4.78, 5) is 25.0. The van der Waals surface area contributed by atoms with Gasteiger partial charge in [0.25, 0.3) is 0 Å². The molecule has 1 aromatic rings. The van der Waals surface area contributed by atoms with E-state index in [1.807, 2.05) is 19.9 Å². The zero-order valence-corrected chi connectivity index (χ0v) is 12.7. The van der Waals surface area contributed by atoms with E-state index in [2.05, 4.69) is 5.32 Å². The lowest BCUT2D eigenvalue weighted by molar-refractivity contribution is -0.121. The number of nitrogens with zero attached hydrogens (tertiary/aromatic N) is 2. The van der Waals surface area contributed by atoms with Crippen LogP contribution in [0.15, 0.2) is 24.3 Å². The van der Waals surface area contributed by atoms with E-state index in [-0.39, 0.29) is 24.3 Å². The third-order valence-electron chi connectivity index (χ3n) is 3.27. The normalized spacial score (nSPS) is 11.3. The van der Waals surface area contributed by atoms with Crippen molar-refractivity contribution in [1.82, 2.24) is 5.32 Å². The Kier molecular flexibility index (Phi) is 6.41. The monoisotopic (exact) mass is 287 g/mol. The Morgan fingerprint density at radius 3 is 2.43 bits per heavy atom. The molecule has 0 aliphatic heterocycles. The van der Waals surface area contributed by atoms with Gasteiger partial charge in [0.1, 0.15) is 0 Å². The highest BCUT2D eigenvalue weighted by Gasteiger charge is 2.14. The zero-order valence-electron chi connectivity index (χ0n) is 12.7. The highest BCUT2D eigenvalue weighted by atomic mass is 16.2. The van der Waals surface area contributed by atoms with Crippen molar-refractivity contribution in [3.63, 3.8) is 0 Å². The van der Waals surface area contributed by atoms with Crippen LogP contribution in [0.25, 0.3) is 0 Å². The molecule has 1 N–H and O–H groups in total. The number of carbonyl (C=O) groups is 2. The molecule has 5 nitrogen and oxygen atoms in total. The summed E-state index contributed by atoms with van der Waals surface area (Å²) in [5.41, 5.74) is 1.23. The summed E-state index contributed by atoms with van der Waals surface area (Å²) >= 11 is 0. The summed E-state index contributed by atoms with van der Waals surface area (Å²) in [6.07, 6.45) is 1.13. The Morgan fingerprint density at radius 2 is 1.95 bits per heavy atom. The molecule has 2 amide bonds. The van der Waals surface area contributed by atoms with Gasteiger partial charge in [-0.3, -0.25) is 9.59 Å². The molecule has 5 heteroatoms. The maximum Gasteiger partial charge on any atom is 0.223 e. The third-order valence-corrected chi connectivity index (χ3v) is 3.27. The van der Waals surface area contributed by atoms with Gasteiger partial charge >= 0.3 is 0 Å². The molecule has 0 aromatic heterocycles. The fourth-order valence-corrected chi connectivity index (χ4v) is 1.85. The van der Waals surface area contributed by atoms with Crippen molar-refractivity contribution < 1.29 is 9.59 Å². The van der Waals surface area contributed by atoms with Crippen molar-refractivity contribution in [1.29, 1.82) is 5.26 Å². The van der Waals surface area contributed by atoms with Crippen LogP contribution in [-0.2, 0) is 9.59 Å². The first-order chi connectivity index (χ1) is 9.97. The van der Waals surface area contributed by atoms with Gasteiger partial charge in [-0.2, -0.15) is 5.26 Å². The highest BCUT2D eigenvalue weighted by molar-refractivity contribution is 5.92. The number of nitriles is 1. The zero-order chi connectivity index (χ0) is 15.8. The molecule has 0 saturated heterocycles. The second-order valence-electron chi connectivity index (χ2n) is 4.96. The molecule has 0 radical (unpaired) electrons. The maximum absolute atomic E-state index is 11.8. The van der Waals surface area contributed by atoms with Crippen LogP contribution in [0, 0.1) is 11.3 Å². The second-order valence-corrected chi connectivity index (χ2v) is 4.96. The van der Waals surface area contributed by atoms with Gasteiger partial charge in [0.2, 0.25) is 11.8 Å². The number of hydrogen-bond donors (Lipinski definition) is 1. The average Bonchev–Trinajstić information content (AvgIpc) is 2.47. The number of benzene rings is 1. The molecule has 0 fully saturated rings. The topological polar surface area (TPSA) is 73.2 Å². The molecule has 0 spiro atoms. The number of carbonyl (C=O) groups excluding carboxylic acids is 2. The lowest BCUT2D eigenvalue weighted by Gasteiger charge is -2.21. The van der Waals surface area contributed by atoms with Gasteiger partial charge in [0.15, 0.2) is 0 Å². The summed E-state index contributed by atoms with van der Waals surface area (Å²) in [7, 11) is 0. The minimum Gasteiger partial charge on any atom is -0.354 e. The van der Waals surface area contributed by atoms with Crippen molar-refractivity contribution in [2.45, 2.75) is 39.7 Å². The smallest absolute Gasteiger partial charge is 0.223 e. The molecule has 1 atom stereocenters. The summed E-state index contributed by atoms with van der Waals surface area (Å²) in [6.45, 7) is 5.74. The molecular weight excluding hydrogens is 266 g/mol. The van der Waals surface area contributed by atoms with Gasteiger partial charge in [-0.05, 0) is 37.6 Å². The molecule has 0 saturated carbocycles. The van der Waals surface area contributed by atoms with E-state index in [0.717, 1.165) is 6.42 Å². The fourth-order valence-electron chi connectivity index (χ4n) is 1.85. The number of amides is 2. The maximum atomic E-state index is 11.8. The molecule has 0 heterocycles. The second kappa shape index (κ2) is 8.05. The number of rotatable bonds is 6. The molecule has 0 bridgehead atoms. The third kappa shape index (κ3) is 5.27. The van der Waals surface area contributed by atoms with Crippen LogP contribution >= 0.6 is 0 Å². The van der Waals surface area contributed by atoms with E-state index in [1.165, 1.54) is 11.8 Å². The minimum absolute atomic E-state index is 0.0655. The SMILES string of the molecule is CCC(C)NC(=O)CCN(C(C)=O)c1ccc(C#N)cc1. The van der Waals surface area contributed by atoms with Crippen LogP contribution in [0.1, 0.15) is 39.2 Å². The van der Waals surface area contributed by atoms with Crippen molar-refractivity contribution in [2.75, 3.05) is 11.4 Å². The standard InChI is InChI=1S/C16H21N3O2/c1-4-12(2)18-16(21)9-10-19(13(3)20)15-7-5-14(11-17)6-8-15/h5-8,12H,4,9-10H2,1-3H3,(H,18,21). The lowest BCUT2D eigenvalue weighted by atomic mass is 10.2. The first kappa shape index (κ1) is 16.7. The number of nitrogens with one attached hydrogen (secondary N) is 1. The van der Waals surface area contributed by atoms with Crippen LogP contribution in [0.4, 0.5) is 5.69 Å². The highest BCUT2D eigenvalue weighted by Crippen LogP contribution is 2.15. The molecule has 0 aliphatic rings. The van der Waals surface area contributed by atoms with Crippen LogP contribution in [-0.4, -0.2) is 24.4 Å². The van der Waals surface area contributed by atoms with Crippen LogP contribution in [0.2, 0.25) is 0 Å². The molecule has 1 unspecified atom stereocenters. The van der Waals surface area contributed by atoms with Gasteiger partial charge in [-0.15, -0.1) is 0 Å². The van der Waals surface area contributed by atoms with E-state index >= 15 is 0 Å². The molecule has 1 rings (SSSR count). The van der Waals surface area contributed by atoms with E-state index in [9.17, 15) is 9.59 Å². The predicted octanol–water partition coefficient (Wildman–Crippen LogP) is 2.22. The molecule has 21 heavy (non-hydrogen) atoms. The van der Waals surface area contributed by atoms with Crippen molar-refractivity contribution in [3.8, 4) is 6.07 Å². The minimum atomic E-state index is -0.129. The average molecular weight is 287 g/mol. The van der Waals surface area contributed by atoms with Gasteiger partial charge in [-0.25, -0.2) is 0 Å². The van der Waals surface area contributed by atoms with E-state index in [0.29, 0.717) is 17.8 Å². The van der Waals surface area contributed by atoms with Gasteiger partial charge in [0.05, 0.1) is 11.6 Å². The van der Waals surface area contributed by atoms with Crippen molar-refractivity contribution >= 4 is 17.5 Å². The molecule has 112 valence electrons. The largest absolute Gasteiger partial charge is 0.354 e.